The van der Waals surface area contributed by atoms with Gasteiger partial charge in [0, 0.05) is 22.5 Å². The number of carbonyl (C=O) groups is 1. The second-order valence-corrected chi connectivity index (χ2v) is 4.10. The van der Waals surface area contributed by atoms with E-state index in [-0.39, 0.29) is 5.78 Å². The van der Waals surface area contributed by atoms with Crippen molar-refractivity contribution in [1.29, 1.82) is 0 Å². The normalized spacial score (nSPS) is 10.9. The van der Waals surface area contributed by atoms with E-state index in [4.69, 9.17) is 0 Å². The Labute approximate surface area is 98.9 Å². The van der Waals surface area contributed by atoms with Crippen LogP contribution >= 0.6 is 0 Å². The van der Waals surface area contributed by atoms with Crippen molar-refractivity contribution in [3.8, 4) is 0 Å². The van der Waals surface area contributed by atoms with Gasteiger partial charge in [0.15, 0.2) is 5.78 Å². The highest BCUT2D eigenvalue weighted by molar-refractivity contribution is 6.13. The molecule has 0 aliphatic rings. The summed E-state index contributed by atoms with van der Waals surface area (Å²) >= 11 is 0. The Kier molecular flexibility index (Phi) is 2.15. The molecule has 82 valence electrons. The molecule has 0 aliphatic heterocycles. The molecule has 0 saturated carbocycles. The molecule has 2 aromatic carbocycles. The van der Waals surface area contributed by atoms with Gasteiger partial charge in [0.2, 0.25) is 0 Å². The second kappa shape index (κ2) is 3.67. The molecule has 0 saturated heterocycles. The summed E-state index contributed by atoms with van der Waals surface area (Å²) in [7, 11) is 0. The van der Waals surface area contributed by atoms with Crippen molar-refractivity contribution < 1.29 is 4.79 Å². The second-order valence-electron chi connectivity index (χ2n) is 4.10. The zero-order valence-electron chi connectivity index (χ0n) is 9.47. The van der Waals surface area contributed by atoms with Crippen molar-refractivity contribution in [2.75, 3.05) is 0 Å². The summed E-state index contributed by atoms with van der Waals surface area (Å²) in [5.41, 5.74) is 1.64. The Morgan fingerprint density at radius 3 is 2.65 bits per heavy atom. The summed E-state index contributed by atoms with van der Waals surface area (Å²) < 4.78 is 0. The molecular weight excluding hydrogens is 210 g/mol. The molecule has 0 amide bonds. The number of benzene rings is 2. The fourth-order valence-corrected chi connectivity index (χ4v) is 2.19. The van der Waals surface area contributed by atoms with Gasteiger partial charge in [0.05, 0.1) is 5.52 Å². The van der Waals surface area contributed by atoms with Gasteiger partial charge >= 0.3 is 0 Å². The third kappa shape index (κ3) is 1.49. The van der Waals surface area contributed by atoms with Crippen LogP contribution in [0, 0.1) is 0 Å². The first-order valence-electron chi connectivity index (χ1n) is 5.55. The fraction of sp³-hybridized carbons (Fsp3) is 0.0667. The smallest absolute Gasteiger partial charge is 0.160 e. The van der Waals surface area contributed by atoms with Crippen LogP contribution in [0.5, 0.6) is 0 Å². The Bertz CT molecular complexity index is 731. The predicted octanol–water partition coefficient (Wildman–Crippen LogP) is 3.59. The molecule has 2 heteroatoms. The third-order valence-electron chi connectivity index (χ3n) is 3.01. The van der Waals surface area contributed by atoms with Crippen LogP contribution in [0.4, 0.5) is 0 Å². The molecule has 0 unspecified atom stereocenters. The number of aromatic nitrogens is 1. The highest BCUT2D eigenvalue weighted by atomic mass is 16.1. The van der Waals surface area contributed by atoms with Crippen LogP contribution in [0.25, 0.3) is 21.7 Å². The molecule has 0 aliphatic carbocycles. The topological polar surface area (TPSA) is 30.0 Å². The molecule has 3 aromatic rings. The Balaban J connectivity index is 2.52. The lowest BCUT2D eigenvalue weighted by molar-refractivity contribution is 0.101. The van der Waals surface area contributed by atoms with E-state index in [1.54, 1.807) is 19.2 Å². The molecular formula is C15H11NO. The molecule has 0 fully saturated rings. The number of hydrogen-bond donors (Lipinski definition) is 0. The van der Waals surface area contributed by atoms with Crippen LogP contribution < -0.4 is 0 Å². The summed E-state index contributed by atoms with van der Waals surface area (Å²) in [5, 5.41) is 3.17. The monoisotopic (exact) mass is 221 g/mol. The summed E-state index contributed by atoms with van der Waals surface area (Å²) in [6.07, 6.45) is 1.70. The van der Waals surface area contributed by atoms with Gasteiger partial charge in [-0.05, 0) is 18.4 Å². The Morgan fingerprint density at radius 2 is 1.82 bits per heavy atom. The summed E-state index contributed by atoms with van der Waals surface area (Å²) in [6.45, 7) is 1.59. The zero-order valence-corrected chi connectivity index (χ0v) is 9.47. The van der Waals surface area contributed by atoms with Crippen molar-refractivity contribution in [3.05, 3.63) is 54.2 Å². The maximum absolute atomic E-state index is 11.6. The van der Waals surface area contributed by atoms with Gasteiger partial charge in [0.1, 0.15) is 0 Å². The number of hydrogen-bond acceptors (Lipinski definition) is 2. The van der Waals surface area contributed by atoms with Gasteiger partial charge in [-0.2, -0.15) is 0 Å². The molecule has 0 radical (unpaired) electrons. The van der Waals surface area contributed by atoms with E-state index in [1.807, 2.05) is 30.3 Å². The minimum absolute atomic E-state index is 0.0766. The number of fused-ring (bicyclic) bond motifs is 3. The van der Waals surface area contributed by atoms with E-state index in [0.29, 0.717) is 0 Å². The molecule has 17 heavy (non-hydrogen) atoms. The maximum atomic E-state index is 11.6. The largest absolute Gasteiger partial charge is 0.294 e. The van der Waals surface area contributed by atoms with E-state index >= 15 is 0 Å². The predicted molar refractivity (Wildman–Crippen MR) is 69.3 cm³/mol. The van der Waals surface area contributed by atoms with Crippen molar-refractivity contribution in [3.63, 3.8) is 0 Å². The van der Waals surface area contributed by atoms with Gasteiger partial charge in [-0.3, -0.25) is 9.78 Å². The van der Waals surface area contributed by atoms with Crippen LogP contribution in [-0.4, -0.2) is 10.8 Å². The lowest BCUT2D eigenvalue weighted by atomic mass is 10.0. The summed E-state index contributed by atoms with van der Waals surface area (Å²) in [6, 6.07) is 13.9. The van der Waals surface area contributed by atoms with Crippen LogP contribution in [0.15, 0.2) is 48.7 Å². The highest BCUT2D eigenvalue weighted by Crippen LogP contribution is 2.25. The zero-order chi connectivity index (χ0) is 11.8. The lowest BCUT2D eigenvalue weighted by Gasteiger charge is -2.05. The number of pyridine rings is 1. The van der Waals surface area contributed by atoms with Crippen molar-refractivity contribution in [2.24, 2.45) is 0 Å². The number of nitrogens with zero attached hydrogens (tertiary/aromatic N) is 1. The molecule has 0 N–H and O–H groups in total. The average molecular weight is 221 g/mol. The minimum atomic E-state index is 0.0766. The van der Waals surface area contributed by atoms with Gasteiger partial charge in [0.25, 0.3) is 0 Å². The first kappa shape index (κ1) is 9.97. The SMILES string of the molecule is CC(=O)c1ccnc2c1ccc1ccccc12. The lowest BCUT2D eigenvalue weighted by Crippen LogP contribution is -1.95. The standard InChI is InChI=1S/C15H11NO/c1-10(17)12-8-9-16-15-13-5-3-2-4-11(13)6-7-14(12)15/h2-9H,1H3. The van der Waals surface area contributed by atoms with Crippen LogP contribution in [0.1, 0.15) is 17.3 Å². The van der Waals surface area contributed by atoms with E-state index in [2.05, 4.69) is 11.1 Å². The maximum Gasteiger partial charge on any atom is 0.160 e. The third-order valence-corrected chi connectivity index (χ3v) is 3.01. The summed E-state index contributed by atoms with van der Waals surface area (Å²) in [4.78, 5) is 16.0. The van der Waals surface area contributed by atoms with Crippen molar-refractivity contribution >= 4 is 27.5 Å². The van der Waals surface area contributed by atoms with Gasteiger partial charge in [-0.25, -0.2) is 0 Å². The van der Waals surface area contributed by atoms with E-state index in [0.717, 1.165) is 27.2 Å². The molecule has 1 aromatic heterocycles. The number of Topliss-reactive ketones (excluding diaryl/α,β-unsaturated/α-hetero) is 1. The van der Waals surface area contributed by atoms with Crippen molar-refractivity contribution in [2.45, 2.75) is 6.92 Å². The first-order chi connectivity index (χ1) is 8.27. The average Bonchev–Trinajstić information content (AvgIpc) is 2.37. The van der Waals surface area contributed by atoms with Gasteiger partial charge in [-0.15, -0.1) is 0 Å². The fourth-order valence-electron chi connectivity index (χ4n) is 2.19. The molecule has 0 spiro atoms. The van der Waals surface area contributed by atoms with Crippen LogP contribution in [-0.2, 0) is 0 Å². The van der Waals surface area contributed by atoms with E-state index < -0.39 is 0 Å². The summed E-state index contributed by atoms with van der Waals surface area (Å²) in [5.74, 6) is 0.0766. The number of carbonyl (C=O) groups excluding carboxylic acids is 1. The Morgan fingerprint density at radius 1 is 1.00 bits per heavy atom. The molecule has 0 atom stereocenters. The van der Waals surface area contributed by atoms with Crippen LogP contribution in [0.3, 0.4) is 0 Å². The van der Waals surface area contributed by atoms with E-state index in [1.165, 1.54) is 0 Å². The molecule has 0 bridgehead atoms. The van der Waals surface area contributed by atoms with E-state index in [9.17, 15) is 4.79 Å². The number of ketones is 1. The van der Waals surface area contributed by atoms with Crippen LogP contribution in [0.2, 0.25) is 0 Å². The van der Waals surface area contributed by atoms with Crippen molar-refractivity contribution in [1.82, 2.24) is 4.98 Å². The van der Waals surface area contributed by atoms with Gasteiger partial charge < -0.3 is 0 Å². The first-order valence-corrected chi connectivity index (χ1v) is 5.55. The minimum Gasteiger partial charge on any atom is -0.294 e. The quantitative estimate of drug-likeness (QED) is 0.464. The highest BCUT2D eigenvalue weighted by Gasteiger charge is 2.08. The van der Waals surface area contributed by atoms with Gasteiger partial charge in [-0.1, -0.05) is 36.4 Å². The molecule has 2 nitrogen and oxygen atoms in total. The molecule has 3 rings (SSSR count). The molecule has 1 heterocycles. The number of rotatable bonds is 1. The Hall–Kier alpha value is -2.22.